The number of hydrogen-bond donors (Lipinski definition) is 0. The lowest BCUT2D eigenvalue weighted by molar-refractivity contribution is -0.145. The quantitative estimate of drug-likeness (QED) is 0.738. The number of rotatable bonds is 1. The highest BCUT2D eigenvalue weighted by Gasteiger charge is 2.67. The van der Waals surface area contributed by atoms with E-state index in [4.69, 9.17) is 0 Å². The van der Waals surface area contributed by atoms with E-state index in [9.17, 15) is 13.2 Å². The Bertz CT molecular complexity index is 433. The van der Waals surface area contributed by atoms with Crippen molar-refractivity contribution in [2.24, 2.45) is 5.41 Å². The van der Waals surface area contributed by atoms with Crippen LogP contribution in [0.1, 0.15) is 37.7 Å². The van der Waals surface area contributed by atoms with Crippen LogP contribution in [0.15, 0.2) is 12.3 Å². The van der Waals surface area contributed by atoms with Gasteiger partial charge in [0.1, 0.15) is 11.5 Å². The van der Waals surface area contributed by atoms with Crippen molar-refractivity contribution in [1.29, 1.82) is 0 Å². The summed E-state index contributed by atoms with van der Waals surface area (Å²) >= 11 is 0. The normalized spacial score (nSPS) is 36.5. The standard InChI is InChI=1S/C11H11F3N2/c1-9-4-10(5-9,6-9)8-15-3-2-7(16-8)11(12,13)14/h2-3H,4-6H2,1H3. The Morgan fingerprint density at radius 2 is 1.88 bits per heavy atom. The van der Waals surface area contributed by atoms with E-state index in [1.54, 1.807) is 0 Å². The van der Waals surface area contributed by atoms with Crippen molar-refractivity contribution < 1.29 is 13.2 Å². The van der Waals surface area contributed by atoms with Crippen LogP contribution >= 0.6 is 0 Å². The van der Waals surface area contributed by atoms with Gasteiger partial charge < -0.3 is 0 Å². The van der Waals surface area contributed by atoms with Gasteiger partial charge in [-0.3, -0.25) is 0 Å². The van der Waals surface area contributed by atoms with Crippen molar-refractivity contribution in [3.05, 3.63) is 23.8 Å². The molecule has 1 heterocycles. The molecule has 3 fully saturated rings. The van der Waals surface area contributed by atoms with E-state index < -0.39 is 11.9 Å². The smallest absolute Gasteiger partial charge is 0.241 e. The minimum Gasteiger partial charge on any atom is -0.241 e. The molecule has 3 saturated carbocycles. The highest BCUT2D eigenvalue weighted by Crippen LogP contribution is 2.72. The lowest BCUT2D eigenvalue weighted by atomic mass is 9.35. The van der Waals surface area contributed by atoms with Crippen LogP contribution in [0.2, 0.25) is 0 Å². The van der Waals surface area contributed by atoms with Gasteiger partial charge in [0, 0.05) is 11.6 Å². The first kappa shape index (κ1) is 10.1. The molecule has 0 radical (unpaired) electrons. The maximum absolute atomic E-state index is 12.5. The fraction of sp³-hybridized carbons (Fsp3) is 0.636. The van der Waals surface area contributed by atoms with E-state index in [0.717, 1.165) is 25.3 Å². The molecule has 16 heavy (non-hydrogen) atoms. The van der Waals surface area contributed by atoms with E-state index >= 15 is 0 Å². The average Bonchev–Trinajstić information content (AvgIpc) is 2.10. The third kappa shape index (κ3) is 1.20. The second-order valence-corrected chi connectivity index (χ2v) is 5.38. The lowest BCUT2D eigenvalue weighted by Gasteiger charge is -2.68. The van der Waals surface area contributed by atoms with Crippen LogP contribution in [-0.4, -0.2) is 9.97 Å². The molecule has 0 amide bonds. The van der Waals surface area contributed by atoms with Gasteiger partial charge in [0.2, 0.25) is 0 Å². The summed E-state index contributed by atoms with van der Waals surface area (Å²) in [6, 6.07) is 0.927. The fourth-order valence-electron chi connectivity index (χ4n) is 3.30. The van der Waals surface area contributed by atoms with Crippen LogP contribution in [0.3, 0.4) is 0 Å². The topological polar surface area (TPSA) is 25.8 Å². The zero-order chi connectivity index (χ0) is 11.6. The Morgan fingerprint density at radius 3 is 2.38 bits per heavy atom. The maximum Gasteiger partial charge on any atom is 0.433 e. The van der Waals surface area contributed by atoms with E-state index in [1.807, 2.05) is 0 Å². The Labute approximate surface area is 90.9 Å². The van der Waals surface area contributed by atoms with Gasteiger partial charge >= 0.3 is 6.18 Å². The van der Waals surface area contributed by atoms with Crippen LogP contribution in [0, 0.1) is 5.41 Å². The minimum atomic E-state index is -4.37. The molecule has 5 heteroatoms. The van der Waals surface area contributed by atoms with E-state index in [1.165, 1.54) is 6.20 Å². The average molecular weight is 228 g/mol. The number of halogens is 3. The molecule has 0 unspecified atom stereocenters. The molecule has 86 valence electrons. The SMILES string of the molecule is CC12CC(c3nccc(C(F)(F)F)n3)(C1)C2. The van der Waals surface area contributed by atoms with Crippen LogP contribution in [0.25, 0.3) is 0 Å². The third-order valence-corrected chi connectivity index (χ3v) is 3.72. The van der Waals surface area contributed by atoms with Gasteiger partial charge in [-0.25, -0.2) is 9.97 Å². The van der Waals surface area contributed by atoms with Gasteiger partial charge in [0.05, 0.1) is 0 Å². The predicted octanol–water partition coefficient (Wildman–Crippen LogP) is 2.94. The largest absolute Gasteiger partial charge is 0.433 e. The molecule has 3 aliphatic carbocycles. The van der Waals surface area contributed by atoms with Crippen LogP contribution in [0.5, 0.6) is 0 Å². The Hall–Kier alpha value is -1.13. The summed E-state index contributed by atoms with van der Waals surface area (Å²) in [4.78, 5) is 7.68. The lowest BCUT2D eigenvalue weighted by Crippen LogP contribution is -2.63. The molecule has 2 nitrogen and oxygen atoms in total. The van der Waals surface area contributed by atoms with Gasteiger partial charge in [-0.05, 0) is 30.7 Å². The zero-order valence-electron chi connectivity index (χ0n) is 8.80. The second kappa shape index (κ2) is 2.57. The molecule has 3 aliphatic rings. The first-order valence-corrected chi connectivity index (χ1v) is 5.24. The summed E-state index contributed by atoms with van der Waals surface area (Å²) < 4.78 is 37.4. The minimum absolute atomic E-state index is 0.143. The Morgan fingerprint density at radius 1 is 1.25 bits per heavy atom. The highest BCUT2D eigenvalue weighted by molar-refractivity contribution is 5.30. The molecule has 1 aromatic rings. The van der Waals surface area contributed by atoms with E-state index in [2.05, 4.69) is 16.9 Å². The van der Waals surface area contributed by atoms with Crippen molar-refractivity contribution in [3.63, 3.8) is 0 Å². The Kier molecular flexibility index (Phi) is 1.62. The molecule has 0 atom stereocenters. The van der Waals surface area contributed by atoms with Crippen molar-refractivity contribution in [2.45, 2.75) is 37.8 Å². The fourth-order valence-corrected chi connectivity index (χ4v) is 3.30. The van der Waals surface area contributed by atoms with Gasteiger partial charge in [-0.1, -0.05) is 6.92 Å². The van der Waals surface area contributed by atoms with Crippen LogP contribution in [-0.2, 0) is 11.6 Å². The van der Waals surface area contributed by atoms with Crippen molar-refractivity contribution in [2.75, 3.05) is 0 Å². The molecule has 0 saturated heterocycles. The summed E-state index contributed by atoms with van der Waals surface area (Å²) in [5, 5.41) is 0. The van der Waals surface area contributed by atoms with Gasteiger partial charge in [-0.15, -0.1) is 0 Å². The predicted molar refractivity (Wildman–Crippen MR) is 50.7 cm³/mol. The molecule has 0 N–H and O–H groups in total. The van der Waals surface area contributed by atoms with Gasteiger partial charge in [0.15, 0.2) is 0 Å². The van der Waals surface area contributed by atoms with Crippen LogP contribution in [0.4, 0.5) is 13.2 Å². The maximum atomic E-state index is 12.5. The van der Waals surface area contributed by atoms with Crippen LogP contribution < -0.4 is 0 Å². The van der Waals surface area contributed by atoms with Gasteiger partial charge in [-0.2, -0.15) is 13.2 Å². The van der Waals surface area contributed by atoms with Gasteiger partial charge in [0.25, 0.3) is 0 Å². The first-order chi connectivity index (χ1) is 7.33. The monoisotopic (exact) mass is 228 g/mol. The summed E-state index contributed by atoms with van der Waals surface area (Å²) in [6.07, 6.45) is -0.358. The van der Waals surface area contributed by atoms with Crippen molar-refractivity contribution in [1.82, 2.24) is 9.97 Å². The first-order valence-electron chi connectivity index (χ1n) is 5.24. The summed E-state index contributed by atoms with van der Waals surface area (Å²) in [5.41, 5.74) is -0.625. The van der Waals surface area contributed by atoms with Crippen molar-refractivity contribution in [3.8, 4) is 0 Å². The molecule has 0 aliphatic heterocycles. The zero-order valence-corrected chi connectivity index (χ0v) is 8.80. The van der Waals surface area contributed by atoms with E-state index in [-0.39, 0.29) is 5.41 Å². The summed E-state index contributed by atoms with van der Waals surface area (Å²) in [7, 11) is 0. The number of nitrogens with zero attached hydrogens (tertiary/aromatic N) is 2. The molecule has 2 bridgehead atoms. The molecule has 4 rings (SSSR count). The third-order valence-electron chi connectivity index (χ3n) is 3.72. The number of aromatic nitrogens is 2. The molecule has 0 spiro atoms. The van der Waals surface area contributed by atoms with Crippen molar-refractivity contribution >= 4 is 0 Å². The highest BCUT2D eigenvalue weighted by atomic mass is 19.4. The number of hydrogen-bond acceptors (Lipinski definition) is 2. The Balaban J connectivity index is 1.93. The number of alkyl halides is 3. The molecular weight excluding hydrogens is 217 g/mol. The molecule has 0 aromatic carbocycles. The summed E-state index contributed by atoms with van der Waals surface area (Å²) in [5.74, 6) is 0.381. The molecular formula is C11H11F3N2. The summed E-state index contributed by atoms with van der Waals surface area (Å²) in [6.45, 7) is 2.16. The molecule has 1 aromatic heterocycles. The van der Waals surface area contributed by atoms with E-state index in [0.29, 0.717) is 11.2 Å². The second-order valence-electron chi connectivity index (χ2n) is 5.38.